The molecule has 11 heteroatoms. The molecule has 0 saturated carbocycles. The molecule has 1 saturated heterocycles. The number of rotatable bonds is 8. The SMILES string of the molecule is NC(N)=NCCCC(NCC1(O)OCC(O)C(O)C1O)C(=O)O. The monoisotopic (exact) mass is 336 g/mol. The van der Waals surface area contributed by atoms with Gasteiger partial charge in [0.25, 0.3) is 0 Å². The van der Waals surface area contributed by atoms with Crippen LogP contribution in [0.15, 0.2) is 4.99 Å². The molecule has 1 rings (SSSR count). The van der Waals surface area contributed by atoms with E-state index in [1.165, 1.54) is 0 Å². The summed E-state index contributed by atoms with van der Waals surface area (Å²) in [6.07, 6.45) is -4.16. The molecular weight excluding hydrogens is 312 g/mol. The third-order valence-electron chi connectivity index (χ3n) is 3.53. The van der Waals surface area contributed by atoms with Gasteiger partial charge in [-0.15, -0.1) is 0 Å². The molecule has 0 aliphatic carbocycles. The lowest BCUT2D eigenvalue weighted by molar-refractivity contribution is -0.318. The number of aliphatic hydroxyl groups is 4. The van der Waals surface area contributed by atoms with Crippen molar-refractivity contribution in [3.63, 3.8) is 0 Å². The van der Waals surface area contributed by atoms with E-state index in [-0.39, 0.29) is 18.9 Å². The number of hydrogen-bond donors (Lipinski definition) is 8. The fourth-order valence-electron chi connectivity index (χ4n) is 2.13. The van der Waals surface area contributed by atoms with Gasteiger partial charge in [0.1, 0.15) is 24.4 Å². The lowest BCUT2D eigenvalue weighted by Gasteiger charge is -2.42. The molecule has 0 spiro atoms. The van der Waals surface area contributed by atoms with Gasteiger partial charge < -0.3 is 41.7 Å². The van der Waals surface area contributed by atoms with Gasteiger partial charge >= 0.3 is 5.97 Å². The number of nitrogens with two attached hydrogens (primary N) is 2. The Bertz CT molecular complexity index is 432. The number of guanidine groups is 1. The summed E-state index contributed by atoms with van der Waals surface area (Å²) in [6, 6.07) is -1.03. The topological polar surface area (TPSA) is 204 Å². The van der Waals surface area contributed by atoms with E-state index in [4.69, 9.17) is 21.3 Å². The summed E-state index contributed by atoms with van der Waals surface area (Å²) in [5, 5.41) is 50.5. The number of carbonyl (C=O) groups is 1. The first-order valence-corrected chi connectivity index (χ1v) is 7.09. The standard InChI is InChI=1S/C12H24N4O7/c13-11(14)15-3-1-2-6(10(20)21)16-5-12(22)9(19)8(18)7(17)4-23-12/h6-9,16-19,22H,1-5H2,(H,20,21)(H4,13,14,15). The van der Waals surface area contributed by atoms with E-state index in [2.05, 4.69) is 10.3 Å². The van der Waals surface area contributed by atoms with Crippen LogP contribution in [0.25, 0.3) is 0 Å². The van der Waals surface area contributed by atoms with Crippen molar-refractivity contribution in [2.24, 2.45) is 16.5 Å². The highest BCUT2D eigenvalue weighted by Crippen LogP contribution is 2.23. The second-order valence-electron chi connectivity index (χ2n) is 5.38. The van der Waals surface area contributed by atoms with Crippen molar-refractivity contribution < 1.29 is 35.1 Å². The van der Waals surface area contributed by atoms with Crippen molar-refractivity contribution in [1.29, 1.82) is 0 Å². The molecule has 5 unspecified atom stereocenters. The predicted octanol–water partition coefficient (Wildman–Crippen LogP) is -4.12. The Morgan fingerprint density at radius 1 is 1.39 bits per heavy atom. The second kappa shape index (κ2) is 8.38. The number of nitrogens with one attached hydrogen (secondary N) is 1. The Kier molecular flexibility index (Phi) is 7.12. The summed E-state index contributed by atoms with van der Waals surface area (Å²) in [6.45, 7) is -0.585. The van der Waals surface area contributed by atoms with Crippen LogP contribution in [-0.4, -0.2) is 87.3 Å². The summed E-state index contributed by atoms with van der Waals surface area (Å²) in [4.78, 5) is 14.9. The number of aliphatic carboxylic acids is 1. The zero-order valence-corrected chi connectivity index (χ0v) is 12.5. The highest BCUT2D eigenvalue weighted by atomic mass is 16.6. The molecule has 0 radical (unpaired) electrons. The number of ether oxygens (including phenoxy) is 1. The Labute approximate surface area is 132 Å². The van der Waals surface area contributed by atoms with Gasteiger partial charge in [-0.2, -0.15) is 0 Å². The van der Waals surface area contributed by atoms with E-state index in [0.29, 0.717) is 6.42 Å². The minimum absolute atomic E-state index is 0.0922. The summed E-state index contributed by atoms with van der Waals surface area (Å²) < 4.78 is 4.93. The van der Waals surface area contributed by atoms with Crippen molar-refractivity contribution in [3.05, 3.63) is 0 Å². The third-order valence-corrected chi connectivity index (χ3v) is 3.53. The maximum Gasteiger partial charge on any atom is 0.320 e. The zero-order valence-electron chi connectivity index (χ0n) is 12.5. The molecule has 0 amide bonds. The van der Waals surface area contributed by atoms with Crippen LogP contribution in [0.1, 0.15) is 12.8 Å². The molecule has 1 aliphatic rings. The smallest absolute Gasteiger partial charge is 0.320 e. The summed E-state index contributed by atoms with van der Waals surface area (Å²) in [5.74, 6) is -3.46. The number of aliphatic hydroxyl groups excluding tert-OH is 3. The minimum Gasteiger partial charge on any atom is -0.480 e. The van der Waals surface area contributed by atoms with Crippen LogP contribution in [0.4, 0.5) is 0 Å². The minimum atomic E-state index is -2.20. The van der Waals surface area contributed by atoms with E-state index >= 15 is 0 Å². The highest BCUT2D eigenvalue weighted by molar-refractivity contribution is 5.75. The number of aliphatic imine (C=N–C) groups is 1. The second-order valence-corrected chi connectivity index (χ2v) is 5.38. The fourth-order valence-corrected chi connectivity index (χ4v) is 2.13. The number of carboxylic acid groups (broad SMARTS) is 1. The maximum atomic E-state index is 11.2. The highest BCUT2D eigenvalue weighted by Gasteiger charge is 2.48. The van der Waals surface area contributed by atoms with Crippen molar-refractivity contribution in [2.45, 2.75) is 43.0 Å². The van der Waals surface area contributed by atoms with Gasteiger partial charge in [0.15, 0.2) is 5.96 Å². The fraction of sp³-hybridized carbons (Fsp3) is 0.833. The first kappa shape index (κ1) is 19.5. The first-order valence-electron chi connectivity index (χ1n) is 7.09. The molecule has 1 heterocycles. The lowest BCUT2D eigenvalue weighted by Crippen LogP contribution is -2.65. The zero-order chi connectivity index (χ0) is 17.6. The van der Waals surface area contributed by atoms with E-state index in [0.717, 1.165) is 0 Å². The van der Waals surface area contributed by atoms with Gasteiger partial charge in [-0.05, 0) is 12.8 Å². The van der Waals surface area contributed by atoms with Gasteiger partial charge in [0.2, 0.25) is 5.79 Å². The van der Waals surface area contributed by atoms with Gasteiger partial charge in [-0.25, -0.2) is 0 Å². The summed E-state index contributed by atoms with van der Waals surface area (Å²) in [5.41, 5.74) is 10.3. The Balaban J connectivity index is 2.54. The molecule has 10 N–H and O–H groups in total. The Hall–Kier alpha value is -1.50. The van der Waals surface area contributed by atoms with Crippen molar-refractivity contribution in [1.82, 2.24) is 5.32 Å². The Morgan fingerprint density at radius 3 is 2.61 bits per heavy atom. The van der Waals surface area contributed by atoms with E-state index in [1.54, 1.807) is 0 Å². The largest absolute Gasteiger partial charge is 0.480 e. The van der Waals surface area contributed by atoms with Crippen LogP contribution in [-0.2, 0) is 9.53 Å². The van der Waals surface area contributed by atoms with Gasteiger partial charge in [-0.1, -0.05) is 0 Å². The van der Waals surface area contributed by atoms with Crippen LogP contribution < -0.4 is 16.8 Å². The predicted molar refractivity (Wildman–Crippen MR) is 78.3 cm³/mol. The molecule has 1 aliphatic heterocycles. The number of carboxylic acids is 1. The maximum absolute atomic E-state index is 11.2. The molecule has 5 atom stereocenters. The molecular formula is C12H24N4O7. The van der Waals surface area contributed by atoms with Gasteiger partial charge in [-0.3, -0.25) is 15.1 Å². The van der Waals surface area contributed by atoms with Crippen LogP contribution in [0.5, 0.6) is 0 Å². The van der Waals surface area contributed by atoms with E-state index in [1.807, 2.05) is 0 Å². The van der Waals surface area contributed by atoms with Gasteiger partial charge in [0, 0.05) is 6.54 Å². The van der Waals surface area contributed by atoms with Gasteiger partial charge in [0.05, 0.1) is 13.2 Å². The van der Waals surface area contributed by atoms with Crippen LogP contribution in [0.2, 0.25) is 0 Å². The molecule has 11 nitrogen and oxygen atoms in total. The van der Waals surface area contributed by atoms with Crippen molar-refractivity contribution >= 4 is 11.9 Å². The molecule has 134 valence electrons. The number of hydrogen-bond acceptors (Lipinski definition) is 8. The quantitative estimate of drug-likeness (QED) is 0.122. The molecule has 0 bridgehead atoms. The first-order chi connectivity index (χ1) is 10.7. The molecule has 0 aromatic carbocycles. The average molecular weight is 336 g/mol. The summed E-state index contributed by atoms with van der Waals surface area (Å²) in [7, 11) is 0. The molecule has 0 aromatic rings. The molecule has 1 fully saturated rings. The Morgan fingerprint density at radius 2 is 2.04 bits per heavy atom. The van der Waals surface area contributed by atoms with Crippen LogP contribution >= 0.6 is 0 Å². The third kappa shape index (κ3) is 5.57. The normalized spacial score (nSPS) is 32.3. The number of nitrogens with zero attached hydrogens (tertiary/aromatic N) is 1. The van der Waals surface area contributed by atoms with E-state index < -0.39 is 49.3 Å². The van der Waals surface area contributed by atoms with Crippen LogP contribution in [0.3, 0.4) is 0 Å². The molecule has 23 heavy (non-hydrogen) atoms. The molecule has 0 aromatic heterocycles. The average Bonchev–Trinajstić information content (AvgIpc) is 2.48. The van der Waals surface area contributed by atoms with Crippen LogP contribution in [0, 0.1) is 0 Å². The summed E-state index contributed by atoms with van der Waals surface area (Å²) >= 11 is 0. The van der Waals surface area contributed by atoms with Crippen molar-refractivity contribution in [2.75, 3.05) is 19.7 Å². The van der Waals surface area contributed by atoms with Crippen molar-refractivity contribution in [3.8, 4) is 0 Å². The lowest BCUT2D eigenvalue weighted by atomic mass is 9.96. The van der Waals surface area contributed by atoms with E-state index in [9.17, 15) is 25.2 Å².